The smallest absolute Gasteiger partial charge is 0.315 e. The van der Waals surface area contributed by atoms with Crippen molar-refractivity contribution < 1.29 is 9.53 Å². The van der Waals surface area contributed by atoms with Gasteiger partial charge >= 0.3 is 6.03 Å². The second kappa shape index (κ2) is 5.18. The molecule has 0 saturated carbocycles. The third kappa shape index (κ3) is 2.97. The normalized spacial score (nSPS) is 18.9. The topological polar surface area (TPSA) is 79.0 Å². The van der Waals surface area contributed by atoms with E-state index in [1.54, 1.807) is 6.33 Å². The van der Waals surface area contributed by atoms with E-state index >= 15 is 0 Å². The fourth-order valence-corrected chi connectivity index (χ4v) is 1.85. The predicted molar refractivity (Wildman–Crippen MR) is 62.7 cm³/mol. The molecule has 1 unspecified atom stereocenters. The molecule has 2 heterocycles. The van der Waals surface area contributed by atoms with E-state index in [0.717, 1.165) is 17.8 Å². The number of nitrogens with one attached hydrogen (secondary N) is 3. The highest BCUT2D eigenvalue weighted by Gasteiger charge is 2.23. The molecule has 0 spiro atoms. The SMILES string of the molecule is CC(C)NC(=O)NCC1OCCc2[nH]cnc21. The number of imidazole rings is 1. The Balaban J connectivity index is 1.87. The fraction of sp³-hybridized carbons (Fsp3) is 0.636. The number of aromatic nitrogens is 2. The fourth-order valence-electron chi connectivity index (χ4n) is 1.85. The highest BCUT2D eigenvalue weighted by molar-refractivity contribution is 5.74. The zero-order valence-corrected chi connectivity index (χ0v) is 10.1. The van der Waals surface area contributed by atoms with E-state index < -0.39 is 0 Å². The van der Waals surface area contributed by atoms with Crippen molar-refractivity contribution in [1.29, 1.82) is 0 Å². The first-order valence-electron chi connectivity index (χ1n) is 5.85. The largest absolute Gasteiger partial charge is 0.370 e. The van der Waals surface area contributed by atoms with E-state index in [0.29, 0.717) is 13.2 Å². The number of rotatable bonds is 3. The maximum Gasteiger partial charge on any atom is 0.315 e. The van der Waals surface area contributed by atoms with Crippen LogP contribution in [0.15, 0.2) is 6.33 Å². The van der Waals surface area contributed by atoms with Crippen LogP contribution in [0.4, 0.5) is 4.79 Å². The van der Waals surface area contributed by atoms with E-state index in [4.69, 9.17) is 4.74 Å². The molecule has 0 fully saturated rings. The van der Waals surface area contributed by atoms with Gasteiger partial charge in [0.2, 0.25) is 0 Å². The number of carbonyl (C=O) groups is 1. The Morgan fingerprint density at radius 3 is 3.29 bits per heavy atom. The lowest BCUT2D eigenvalue weighted by Gasteiger charge is -2.22. The van der Waals surface area contributed by atoms with Crippen LogP contribution in [-0.2, 0) is 11.2 Å². The zero-order chi connectivity index (χ0) is 12.3. The monoisotopic (exact) mass is 238 g/mol. The molecule has 6 heteroatoms. The van der Waals surface area contributed by atoms with E-state index in [2.05, 4.69) is 20.6 Å². The molecule has 1 aromatic rings. The summed E-state index contributed by atoms with van der Waals surface area (Å²) in [7, 11) is 0. The van der Waals surface area contributed by atoms with Crippen LogP contribution >= 0.6 is 0 Å². The maximum absolute atomic E-state index is 11.4. The van der Waals surface area contributed by atoms with Gasteiger partial charge in [0.15, 0.2) is 0 Å². The van der Waals surface area contributed by atoms with E-state index in [1.807, 2.05) is 13.8 Å². The summed E-state index contributed by atoms with van der Waals surface area (Å²) in [5.41, 5.74) is 2.01. The van der Waals surface area contributed by atoms with Crippen LogP contribution in [0.25, 0.3) is 0 Å². The number of ether oxygens (including phenoxy) is 1. The highest BCUT2D eigenvalue weighted by Crippen LogP contribution is 2.22. The van der Waals surface area contributed by atoms with Gasteiger partial charge in [-0.2, -0.15) is 0 Å². The van der Waals surface area contributed by atoms with Gasteiger partial charge in [0.05, 0.1) is 25.2 Å². The molecule has 0 radical (unpaired) electrons. The number of aromatic amines is 1. The molecule has 94 valence electrons. The minimum Gasteiger partial charge on any atom is -0.370 e. The summed E-state index contributed by atoms with van der Waals surface area (Å²) in [5.74, 6) is 0. The Hall–Kier alpha value is -1.56. The van der Waals surface area contributed by atoms with Crippen LogP contribution in [0.3, 0.4) is 0 Å². The number of hydrogen-bond donors (Lipinski definition) is 3. The van der Waals surface area contributed by atoms with Gasteiger partial charge < -0.3 is 20.4 Å². The van der Waals surface area contributed by atoms with Gasteiger partial charge in [-0.25, -0.2) is 9.78 Å². The molecular weight excluding hydrogens is 220 g/mol. The first-order valence-corrected chi connectivity index (χ1v) is 5.85. The molecule has 3 N–H and O–H groups in total. The molecular formula is C11H18N4O2. The lowest BCUT2D eigenvalue weighted by molar-refractivity contribution is 0.0408. The van der Waals surface area contributed by atoms with Gasteiger partial charge in [-0.3, -0.25) is 0 Å². The minimum absolute atomic E-state index is 0.128. The standard InChI is InChI=1S/C11H18N4O2/c1-7(2)15-11(16)12-5-9-10-8(3-4-17-9)13-6-14-10/h6-7,9H,3-5H2,1-2H3,(H,13,14)(H2,12,15,16). The first-order chi connectivity index (χ1) is 8.16. The van der Waals surface area contributed by atoms with Crippen molar-refractivity contribution in [2.45, 2.75) is 32.4 Å². The van der Waals surface area contributed by atoms with Crippen LogP contribution in [0.2, 0.25) is 0 Å². The molecule has 1 aliphatic heterocycles. The lowest BCUT2D eigenvalue weighted by Crippen LogP contribution is -2.42. The Labute approximate surface area is 100 Å². The van der Waals surface area contributed by atoms with Crippen LogP contribution < -0.4 is 10.6 Å². The van der Waals surface area contributed by atoms with Crippen molar-refractivity contribution in [1.82, 2.24) is 20.6 Å². The third-order valence-corrected chi connectivity index (χ3v) is 2.60. The summed E-state index contributed by atoms with van der Waals surface area (Å²) >= 11 is 0. The van der Waals surface area contributed by atoms with Crippen LogP contribution in [-0.4, -0.2) is 35.2 Å². The van der Waals surface area contributed by atoms with Gasteiger partial charge in [0, 0.05) is 18.2 Å². The molecule has 1 aliphatic rings. The van der Waals surface area contributed by atoms with Gasteiger partial charge in [-0.1, -0.05) is 0 Å². The number of fused-ring (bicyclic) bond motifs is 1. The van der Waals surface area contributed by atoms with Crippen molar-refractivity contribution in [3.63, 3.8) is 0 Å². The Kier molecular flexibility index (Phi) is 3.63. The van der Waals surface area contributed by atoms with Gasteiger partial charge in [-0.05, 0) is 13.8 Å². The Morgan fingerprint density at radius 1 is 1.71 bits per heavy atom. The van der Waals surface area contributed by atoms with Gasteiger partial charge in [0.1, 0.15) is 6.10 Å². The van der Waals surface area contributed by atoms with Crippen molar-refractivity contribution in [3.8, 4) is 0 Å². The summed E-state index contributed by atoms with van der Waals surface area (Å²) in [6, 6.07) is -0.0468. The van der Waals surface area contributed by atoms with Crippen molar-refractivity contribution in [2.75, 3.05) is 13.2 Å². The minimum atomic E-state index is -0.175. The molecule has 0 bridgehead atoms. The zero-order valence-electron chi connectivity index (χ0n) is 10.1. The summed E-state index contributed by atoms with van der Waals surface area (Å²) in [6.07, 6.45) is 2.37. The number of nitrogens with zero attached hydrogens (tertiary/aromatic N) is 1. The van der Waals surface area contributed by atoms with Crippen LogP contribution in [0.1, 0.15) is 31.3 Å². The summed E-state index contributed by atoms with van der Waals surface area (Å²) in [5, 5.41) is 5.55. The third-order valence-electron chi connectivity index (χ3n) is 2.60. The van der Waals surface area contributed by atoms with Crippen molar-refractivity contribution in [3.05, 3.63) is 17.7 Å². The number of carbonyl (C=O) groups excluding carboxylic acids is 1. The molecule has 0 aromatic carbocycles. The van der Waals surface area contributed by atoms with Crippen molar-refractivity contribution in [2.24, 2.45) is 0 Å². The predicted octanol–water partition coefficient (Wildman–Crippen LogP) is 0.731. The second-order valence-electron chi connectivity index (χ2n) is 4.38. The maximum atomic E-state index is 11.4. The van der Waals surface area contributed by atoms with E-state index in [9.17, 15) is 4.79 Å². The molecule has 6 nitrogen and oxygen atoms in total. The number of urea groups is 1. The average molecular weight is 238 g/mol. The average Bonchev–Trinajstić information content (AvgIpc) is 2.73. The summed E-state index contributed by atoms with van der Waals surface area (Å²) in [6.45, 7) is 4.94. The Bertz CT molecular complexity index is 389. The van der Waals surface area contributed by atoms with Gasteiger partial charge in [0.25, 0.3) is 0 Å². The summed E-state index contributed by atoms with van der Waals surface area (Å²) in [4.78, 5) is 18.8. The first kappa shape index (κ1) is 11.9. The van der Waals surface area contributed by atoms with Crippen LogP contribution in [0.5, 0.6) is 0 Å². The highest BCUT2D eigenvalue weighted by atomic mass is 16.5. The number of amides is 2. The van der Waals surface area contributed by atoms with E-state index in [1.165, 1.54) is 0 Å². The molecule has 0 aliphatic carbocycles. The van der Waals surface area contributed by atoms with Crippen LogP contribution in [0, 0.1) is 0 Å². The molecule has 1 aromatic heterocycles. The molecule has 17 heavy (non-hydrogen) atoms. The second-order valence-corrected chi connectivity index (χ2v) is 4.38. The number of H-pyrrole nitrogens is 1. The summed E-state index contributed by atoms with van der Waals surface area (Å²) < 4.78 is 5.59. The molecule has 2 amide bonds. The molecule has 0 saturated heterocycles. The van der Waals surface area contributed by atoms with Gasteiger partial charge in [-0.15, -0.1) is 0 Å². The Morgan fingerprint density at radius 2 is 2.53 bits per heavy atom. The molecule has 1 atom stereocenters. The quantitative estimate of drug-likeness (QED) is 0.726. The lowest BCUT2D eigenvalue weighted by atomic mass is 10.1. The van der Waals surface area contributed by atoms with E-state index in [-0.39, 0.29) is 18.2 Å². The number of hydrogen-bond acceptors (Lipinski definition) is 3. The van der Waals surface area contributed by atoms with Crippen molar-refractivity contribution >= 4 is 6.03 Å². The molecule has 2 rings (SSSR count).